The molecule has 12 heteroatoms. The number of pyridine rings is 1. The first-order valence-electron chi connectivity index (χ1n) is 11.8. The number of hydrogen-bond donors (Lipinski definition) is 2. The largest absolute Gasteiger partial charge is 0.495 e. The highest BCUT2D eigenvalue weighted by atomic mass is 35.5. The number of aromatic nitrogens is 3. The Balaban J connectivity index is 1.40. The van der Waals surface area contributed by atoms with Gasteiger partial charge in [-0.15, -0.1) is 0 Å². The Kier molecular flexibility index (Phi) is 7.54. The zero-order chi connectivity index (χ0) is 27.0. The highest BCUT2D eigenvalue weighted by molar-refractivity contribution is 6.41. The summed E-state index contributed by atoms with van der Waals surface area (Å²) in [7, 11) is 5.11. The van der Waals surface area contributed by atoms with Crippen LogP contribution in [0.2, 0.25) is 15.1 Å². The fourth-order valence-electron chi connectivity index (χ4n) is 4.37. The van der Waals surface area contributed by atoms with Crippen LogP contribution in [0, 0.1) is 0 Å². The Morgan fingerprint density at radius 2 is 1.66 bits per heavy atom. The number of methoxy groups -OCH3 is 2. The highest BCUT2D eigenvalue weighted by Gasteiger charge is 2.22. The zero-order valence-electron chi connectivity index (χ0n) is 20.9. The molecule has 0 spiro atoms. The van der Waals surface area contributed by atoms with Gasteiger partial charge in [0.05, 0.1) is 45.9 Å². The lowest BCUT2D eigenvalue weighted by Crippen LogP contribution is -2.44. The minimum absolute atomic E-state index is 0.299. The molecule has 1 aliphatic heterocycles. The normalized spacial score (nSPS) is 14.1. The van der Waals surface area contributed by atoms with Crippen LogP contribution >= 0.6 is 34.8 Å². The van der Waals surface area contributed by atoms with Crippen molar-refractivity contribution in [2.24, 2.45) is 0 Å². The Morgan fingerprint density at radius 1 is 0.974 bits per heavy atom. The molecule has 2 aromatic carbocycles. The first-order chi connectivity index (χ1) is 18.3. The molecule has 1 aliphatic rings. The predicted molar refractivity (Wildman–Crippen MR) is 152 cm³/mol. The van der Waals surface area contributed by atoms with Crippen LogP contribution < -0.4 is 19.7 Å². The summed E-state index contributed by atoms with van der Waals surface area (Å²) in [6, 6.07) is 10.6. The maximum atomic E-state index is 13.1. The second kappa shape index (κ2) is 10.9. The summed E-state index contributed by atoms with van der Waals surface area (Å²) in [4.78, 5) is 22.2. The number of piperazine rings is 1. The van der Waals surface area contributed by atoms with E-state index in [9.17, 15) is 4.79 Å². The number of hydrogen-bond acceptors (Lipinski definition) is 7. The molecule has 0 bridgehead atoms. The van der Waals surface area contributed by atoms with Gasteiger partial charge in [0.15, 0.2) is 11.5 Å². The van der Waals surface area contributed by atoms with Gasteiger partial charge in [0.2, 0.25) is 0 Å². The smallest absolute Gasteiger partial charge is 0.258 e. The number of ether oxygens (including phenoxy) is 2. The van der Waals surface area contributed by atoms with Crippen molar-refractivity contribution >= 4 is 63.2 Å². The molecule has 38 heavy (non-hydrogen) atoms. The van der Waals surface area contributed by atoms with Gasteiger partial charge in [-0.25, -0.2) is 4.98 Å². The first-order valence-corrected chi connectivity index (χ1v) is 12.9. The summed E-state index contributed by atoms with van der Waals surface area (Å²) in [6.07, 6.45) is 0. The summed E-state index contributed by atoms with van der Waals surface area (Å²) in [5.74, 6) is 0.750. The minimum Gasteiger partial charge on any atom is -0.495 e. The van der Waals surface area contributed by atoms with E-state index in [1.54, 1.807) is 24.3 Å². The molecule has 0 atom stereocenters. The summed E-state index contributed by atoms with van der Waals surface area (Å²) in [6.45, 7) is 3.77. The number of H-pyrrole nitrogens is 1. The number of carbonyl (C=O) groups is 1. The molecule has 3 heterocycles. The summed E-state index contributed by atoms with van der Waals surface area (Å²) in [5, 5.41) is 11.5. The average Bonchev–Trinajstić information content (AvgIpc) is 3.31. The summed E-state index contributed by atoms with van der Waals surface area (Å²) < 4.78 is 10.7. The third-order valence-corrected chi connectivity index (χ3v) is 7.61. The monoisotopic (exact) mass is 574 g/mol. The van der Waals surface area contributed by atoms with Crippen LogP contribution in [0.3, 0.4) is 0 Å². The molecule has 0 aliphatic carbocycles. The van der Waals surface area contributed by atoms with Gasteiger partial charge in [0.1, 0.15) is 11.5 Å². The van der Waals surface area contributed by atoms with E-state index in [1.807, 2.05) is 12.1 Å². The molecule has 0 saturated carbocycles. The lowest BCUT2D eigenvalue weighted by Gasteiger charge is -2.34. The van der Waals surface area contributed by atoms with Gasteiger partial charge in [0.25, 0.3) is 5.91 Å². The number of rotatable bonds is 6. The molecule has 0 radical (unpaired) electrons. The van der Waals surface area contributed by atoms with E-state index in [4.69, 9.17) is 44.3 Å². The highest BCUT2D eigenvalue weighted by Crippen LogP contribution is 2.45. The number of aromatic amines is 1. The molecule has 5 rings (SSSR count). The Morgan fingerprint density at radius 3 is 2.29 bits per heavy atom. The third kappa shape index (κ3) is 4.94. The van der Waals surface area contributed by atoms with Gasteiger partial charge in [-0.05, 0) is 37.4 Å². The second-order valence-corrected chi connectivity index (χ2v) is 10.0. The molecule has 2 aromatic heterocycles. The number of nitrogens with zero attached hydrogens (tertiary/aromatic N) is 4. The molecule has 1 amide bonds. The van der Waals surface area contributed by atoms with E-state index in [0.29, 0.717) is 60.2 Å². The quantitative estimate of drug-likeness (QED) is 0.309. The number of benzene rings is 2. The molecule has 4 aromatic rings. The second-order valence-electron chi connectivity index (χ2n) is 8.86. The SMILES string of the molecule is COc1cc(OC)c(Cl)c(-c2ccc3c(NC(=O)c4ccc(N5CCN(C)CC5)cc4Cl)n[nH]c3n2)c1Cl. The number of fused-ring (bicyclic) bond motifs is 1. The van der Waals surface area contributed by atoms with E-state index < -0.39 is 0 Å². The molecular formula is C26H25Cl3N6O3. The molecule has 2 N–H and O–H groups in total. The molecule has 1 saturated heterocycles. The lowest BCUT2D eigenvalue weighted by atomic mass is 10.1. The third-order valence-electron chi connectivity index (χ3n) is 6.55. The summed E-state index contributed by atoms with van der Waals surface area (Å²) >= 11 is 19.6. The average molecular weight is 576 g/mol. The number of anilines is 2. The van der Waals surface area contributed by atoms with Gasteiger partial charge in [-0.1, -0.05) is 34.8 Å². The fourth-order valence-corrected chi connectivity index (χ4v) is 5.33. The topological polar surface area (TPSA) is 95.6 Å². The van der Waals surface area contributed by atoms with E-state index in [1.165, 1.54) is 14.2 Å². The first kappa shape index (κ1) is 26.4. The van der Waals surface area contributed by atoms with Crippen molar-refractivity contribution in [3.63, 3.8) is 0 Å². The summed E-state index contributed by atoms with van der Waals surface area (Å²) in [5.41, 5.74) is 2.72. The number of likely N-dealkylation sites (N-methyl/N-ethyl adjacent to an activating group) is 1. The predicted octanol–water partition coefficient (Wildman–Crippen LogP) is 5.61. The number of amides is 1. The van der Waals surface area contributed by atoms with Gasteiger partial charge in [-0.3, -0.25) is 9.89 Å². The number of carbonyl (C=O) groups excluding carboxylic acids is 1. The van der Waals surface area contributed by atoms with Crippen molar-refractivity contribution in [3.05, 3.63) is 57.0 Å². The van der Waals surface area contributed by atoms with Crippen LogP contribution in [0.1, 0.15) is 10.4 Å². The molecule has 198 valence electrons. The van der Waals surface area contributed by atoms with Crippen molar-refractivity contribution in [1.82, 2.24) is 20.1 Å². The Labute approximate surface area is 234 Å². The maximum absolute atomic E-state index is 13.1. The van der Waals surface area contributed by atoms with Gasteiger partial charge >= 0.3 is 0 Å². The molecule has 9 nitrogen and oxygen atoms in total. The van der Waals surface area contributed by atoms with Gasteiger partial charge in [0, 0.05) is 43.5 Å². The lowest BCUT2D eigenvalue weighted by molar-refractivity contribution is 0.102. The molecule has 1 fully saturated rings. The van der Waals surface area contributed by atoms with Gasteiger partial charge < -0.3 is 24.6 Å². The maximum Gasteiger partial charge on any atom is 0.258 e. The van der Waals surface area contributed by atoms with E-state index >= 15 is 0 Å². The Hall–Kier alpha value is -3.24. The van der Waals surface area contributed by atoms with Crippen LogP contribution in [0.25, 0.3) is 22.3 Å². The van der Waals surface area contributed by atoms with Crippen molar-refractivity contribution in [3.8, 4) is 22.8 Å². The van der Waals surface area contributed by atoms with Crippen molar-refractivity contribution in [2.75, 3.05) is 57.7 Å². The van der Waals surface area contributed by atoms with Crippen LogP contribution in [0.5, 0.6) is 11.5 Å². The fraction of sp³-hybridized carbons (Fsp3) is 0.269. The van der Waals surface area contributed by atoms with E-state index in [0.717, 1.165) is 31.9 Å². The van der Waals surface area contributed by atoms with Gasteiger partial charge in [-0.2, -0.15) is 5.10 Å². The zero-order valence-corrected chi connectivity index (χ0v) is 23.2. The van der Waals surface area contributed by atoms with Crippen molar-refractivity contribution in [2.45, 2.75) is 0 Å². The van der Waals surface area contributed by atoms with Crippen LogP contribution in [0.4, 0.5) is 11.5 Å². The van der Waals surface area contributed by atoms with Crippen LogP contribution in [-0.2, 0) is 0 Å². The standard InChI is InChI=1S/C26H25Cl3N6O3/c1-34-8-10-35(11-9-34)14-4-5-15(17(27)12-14)26(36)31-25-16-6-7-18(30-24(16)32-33-25)21-22(28)19(37-2)13-20(38-3)23(21)29/h4-7,12-13H,8-11H2,1-3H3,(H2,30,31,32,33,36). The van der Waals surface area contributed by atoms with Crippen molar-refractivity contribution < 1.29 is 14.3 Å². The van der Waals surface area contributed by atoms with E-state index in [2.05, 4.69) is 37.3 Å². The van der Waals surface area contributed by atoms with Crippen LogP contribution in [0.15, 0.2) is 36.4 Å². The Bertz CT molecular complexity index is 1490. The van der Waals surface area contributed by atoms with E-state index in [-0.39, 0.29) is 5.91 Å². The van der Waals surface area contributed by atoms with Crippen molar-refractivity contribution in [1.29, 1.82) is 0 Å². The molecule has 0 unspecified atom stereocenters. The van der Waals surface area contributed by atoms with Crippen LogP contribution in [-0.4, -0.2) is 73.4 Å². The number of nitrogens with one attached hydrogen (secondary N) is 2. The molecular weight excluding hydrogens is 551 g/mol. The number of halogens is 3. The minimum atomic E-state index is -0.374.